The zero-order valence-electron chi connectivity index (χ0n) is 42.3. The van der Waals surface area contributed by atoms with Gasteiger partial charge < -0.3 is 49.6 Å². The van der Waals surface area contributed by atoms with E-state index in [-0.39, 0.29) is 55.6 Å². The van der Waals surface area contributed by atoms with Crippen LogP contribution in [0.3, 0.4) is 0 Å². The largest absolute Gasteiger partial charge is 0.507 e. The van der Waals surface area contributed by atoms with Crippen molar-refractivity contribution in [3.8, 4) is 17.2 Å². The number of nitrogen functional groups attached to an aromatic ring is 1. The molecule has 3 aromatic rings. The van der Waals surface area contributed by atoms with Gasteiger partial charge in [0, 0.05) is 112 Å². The highest BCUT2D eigenvalue weighted by atomic mass is 16.7. The summed E-state index contributed by atoms with van der Waals surface area (Å²) in [7, 11) is 1.47. The molecule has 1 spiro atoms. The van der Waals surface area contributed by atoms with Crippen LogP contribution in [0.5, 0.6) is 17.2 Å². The van der Waals surface area contributed by atoms with Gasteiger partial charge in [0.1, 0.15) is 34.0 Å². The normalized spacial score (nSPS) is 29.3. The number of carbonyl (C=O) groups is 4. The average Bonchev–Trinajstić information content (AvgIpc) is 3.84. The fourth-order valence-electron chi connectivity index (χ4n) is 9.82. The number of hydrazine groups is 1. The van der Waals surface area contributed by atoms with Crippen molar-refractivity contribution >= 4 is 40.0 Å². The van der Waals surface area contributed by atoms with E-state index in [2.05, 4.69) is 34.0 Å². The van der Waals surface area contributed by atoms with E-state index >= 15 is 0 Å². The number of carbonyl (C=O) groups excluding carboxylic acids is 4. The second-order valence-electron chi connectivity index (χ2n) is 19.7. The van der Waals surface area contributed by atoms with Crippen LogP contribution in [0, 0.1) is 36.5 Å². The molecule has 9 atom stereocenters. The van der Waals surface area contributed by atoms with E-state index in [1.54, 1.807) is 78.0 Å². The third-order valence-electron chi connectivity index (χ3n) is 14.0. The molecule has 1 fully saturated rings. The summed E-state index contributed by atoms with van der Waals surface area (Å²) in [5.74, 6) is -1.99. The molecule has 0 unspecified atom stereocenters. The molecule has 5 heterocycles. The molecule has 19 nitrogen and oxygen atoms in total. The Kier molecular flexibility index (Phi) is 16.8. The van der Waals surface area contributed by atoms with E-state index in [0.717, 1.165) is 19.6 Å². The number of phenols is 2. The molecule has 19 heteroatoms. The fourth-order valence-corrected chi connectivity index (χ4v) is 9.82. The number of esters is 1. The minimum atomic E-state index is -1.95. The number of nitrogens with zero attached hydrogens (tertiary/aromatic N) is 4. The van der Waals surface area contributed by atoms with Crippen LogP contribution >= 0.6 is 0 Å². The number of ketones is 1. The number of aliphatic hydroxyl groups excluding tert-OH is 2. The Bertz CT molecular complexity index is 2740. The summed E-state index contributed by atoms with van der Waals surface area (Å²) in [4.78, 5) is 67.4. The van der Waals surface area contributed by atoms with E-state index in [9.17, 15) is 39.6 Å². The van der Waals surface area contributed by atoms with E-state index < -0.39 is 82.9 Å². The highest BCUT2D eigenvalue weighted by molar-refractivity contribution is 6.21. The first-order valence-corrected chi connectivity index (χ1v) is 24.0. The van der Waals surface area contributed by atoms with Crippen molar-refractivity contribution in [2.75, 3.05) is 32.1 Å². The number of pyridine rings is 1. The molecule has 2 amide bonds. The van der Waals surface area contributed by atoms with Gasteiger partial charge in [0.25, 0.3) is 17.6 Å². The highest BCUT2D eigenvalue weighted by Crippen LogP contribution is 2.51. The number of benzene rings is 2. The van der Waals surface area contributed by atoms with Crippen LogP contribution < -0.4 is 32.0 Å². The van der Waals surface area contributed by atoms with Crippen LogP contribution in [0.15, 0.2) is 70.7 Å². The Labute approximate surface area is 413 Å². The molecule has 384 valence electrons. The lowest BCUT2D eigenvalue weighted by Gasteiger charge is -2.38. The SMILES string of the molecule is CO[C@H]1/C=C/O[C@@]2(C)Oc3c(C)c(O)c4c(O)c(c5c(c4c3C2=O)NC2(CCN(CC(C)C)CC2)N=5)=NC(=O)/C(C)=C\C=C\[C@H](C)[C@H](O)[C@@H](C)[C@@H](O)[C@@H](C)[C@H](OC(C)=O)[C@@H]1C.NNC(=O)c1ccncc1. The van der Waals surface area contributed by atoms with Gasteiger partial charge in [0.2, 0.25) is 0 Å². The van der Waals surface area contributed by atoms with Gasteiger partial charge in [0.05, 0.1) is 41.2 Å². The maximum absolute atomic E-state index is 14.7. The number of allylic oxidation sites excluding steroid dienone is 2. The van der Waals surface area contributed by atoms with Crippen LogP contribution in [0.25, 0.3) is 10.8 Å². The first kappa shape index (κ1) is 54.1. The molecular formula is C52H69N7O12. The molecule has 7 rings (SSSR count). The van der Waals surface area contributed by atoms with Gasteiger partial charge in [0.15, 0.2) is 5.75 Å². The molecule has 71 heavy (non-hydrogen) atoms. The number of Topliss-reactive ketones (excluding diaryl/α,β-unsaturated/α-hetero) is 1. The van der Waals surface area contributed by atoms with Gasteiger partial charge in [-0.2, -0.15) is 0 Å². The number of ether oxygens (including phenoxy) is 4. The van der Waals surface area contributed by atoms with Gasteiger partial charge in [-0.1, -0.05) is 59.8 Å². The maximum Gasteiger partial charge on any atom is 0.312 e. The van der Waals surface area contributed by atoms with Gasteiger partial charge in [-0.3, -0.25) is 34.6 Å². The van der Waals surface area contributed by atoms with Gasteiger partial charge >= 0.3 is 11.8 Å². The lowest BCUT2D eigenvalue weighted by atomic mass is 9.78. The van der Waals surface area contributed by atoms with Gasteiger partial charge in [-0.25, -0.2) is 10.8 Å². The van der Waals surface area contributed by atoms with Gasteiger partial charge in [-0.15, -0.1) is 0 Å². The number of hydrogen-bond donors (Lipinski definition) is 7. The number of fused-ring (bicyclic) bond motifs is 1. The van der Waals surface area contributed by atoms with Crippen molar-refractivity contribution in [1.29, 1.82) is 0 Å². The number of aromatic hydroxyl groups is 2. The molecule has 0 radical (unpaired) electrons. The fraction of sp³-hybridized carbons (Fsp3) is 0.519. The molecule has 1 aromatic heterocycles. The quantitative estimate of drug-likeness (QED) is 0.0612. The van der Waals surface area contributed by atoms with Crippen molar-refractivity contribution in [2.45, 2.75) is 118 Å². The van der Waals surface area contributed by atoms with E-state index in [4.69, 9.17) is 29.8 Å². The summed E-state index contributed by atoms with van der Waals surface area (Å²) in [6, 6.07) is 3.17. The molecule has 8 N–H and O–H groups in total. The zero-order valence-corrected chi connectivity index (χ0v) is 42.3. The molecule has 1 saturated heterocycles. The Morgan fingerprint density at radius 2 is 1.63 bits per heavy atom. The van der Waals surface area contributed by atoms with Crippen LogP contribution in [-0.4, -0.2) is 116 Å². The summed E-state index contributed by atoms with van der Waals surface area (Å²) in [5, 5.41) is 50.5. The minimum Gasteiger partial charge on any atom is -0.507 e. The molecular weight excluding hydrogens is 915 g/mol. The number of likely N-dealkylation sites (tertiary alicyclic amines) is 1. The first-order valence-electron chi connectivity index (χ1n) is 24.0. The smallest absolute Gasteiger partial charge is 0.312 e. The minimum absolute atomic E-state index is 0.0538. The highest BCUT2D eigenvalue weighted by Gasteiger charge is 2.51. The number of methoxy groups -OCH3 is 1. The number of hydrogen-bond acceptors (Lipinski definition) is 17. The Balaban J connectivity index is 0.000000734. The molecule has 4 aliphatic rings. The lowest BCUT2D eigenvalue weighted by Crippen LogP contribution is -2.47. The molecule has 0 aliphatic carbocycles. The van der Waals surface area contributed by atoms with Crippen LogP contribution in [0.1, 0.15) is 101 Å². The Morgan fingerprint density at radius 3 is 2.24 bits per heavy atom. The standard InChI is InChI=1S/C46H62N4O11.C6H7N3O/c1-22(2)21-50-18-16-46(17-19-50)48-34-31-32-39(54)28(8)42-33(31)43(56)45(10,61-42)59-20-15-30(58-11)25(5)41(60-29(9)51)27(7)38(53)26(6)37(52)23(3)13-12-14-24(4)44(57)47-36(40(32)55)35(34)49-46;7-9-6(10)5-1-3-8-4-2-5/h12-15,20,22-23,25-27,30,37-38,41,48,52-55H,16-19,21H2,1-11H3;1-4H,7H2,(H,9,10)/b13-12+,20-15+,24-14-,47-36?;/t23-,25+,26+,27+,30-,37-,38+,41+,45-;/m0./s1. The maximum atomic E-state index is 14.7. The molecule has 4 bridgehead atoms. The number of anilines is 1. The summed E-state index contributed by atoms with van der Waals surface area (Å²) in [6.07, 6.45) is 8.14. The second kappa shape index (κ2) is 22.0. The van der Waals surface area contributed by atoms with Gasteiger partial charge in [-0.05, 0) is 38.0 Å². The lowest BCUT2D eigenvalue weighted by molar-refractivity contribution is -0.160. The molecule has 4 aliphatic heterocycles. The number of amides is 2. The number of nitrogens with one attached hydrogen (secondary N) is 2. The van der Waals surface area contributed by atoms with Crippen molar-refractivity contribution in [3.05, 3.63) is 88.1 Å². The Hall–Kier alpha value is -6.25. The van der Waals surface area contributed by atoms with E-state index in [0.29, 0.717) is 30.0 Å². The van der Waals surface area contributed by atoms with Crippen molar-refractivity contribution in [2.24, 2.45) is 45.4 Å². The number of rotatable bonds is 5. The Morgan fingerprint density at radius 1 is 0.972 bits per heavy atom. The van der Waals surface area contributed by atoms with E-state index in [1.807, 2.05) is 5.43 Å². The summed E-state index contributed by atoms with van der Waals surface area (Å²) >= 11 is 0. The third-order valence-corrected chi connectivity index (χ3v) is 14.0. The number of phenolic OH excluding ortho intramolecular Hbond substituents is 2. The average molecular weight is 984 g/mol. The second-order valence-corrected chi connectivity index (χ2v) is 19.7. The molecule has 0 saturated carbocycles. The molecule has 2 aromatic carbocycles. The predicted octanol–water partition coefficient (Wildman–Crippen LogP) is 4.43. The number of piperidine rings is 1. The number of aliphatic hydroxyl groups is 2. The topological polar surface area (TPSA) is 277 Å². The third kappa shape index (κ3) is 11.1. The van der Waals surface area contributed by atoms with Crippen molar-refractivity contribution in [3.63, 3.8) is 0 Å². The monoisotopic (exact) mass is 984 g/mol. The van der Waals surface area contributed by atoms with Crippen molar-refractivity contribution < 1.29 is 58.6 Å². The number of nitrogens with two attached hydrogens (primary N) is 1. The summed E-state index contributed by atoms with van der Waals surface area (Å²) in [6.45, 7) is 19.6. The number of aromatic nitrogens is 1. The zero-order chi connectivity index (χ0) is 52.3. The predicted molar refractivity (Wildman–Crippen MR) is 264 cm³/mol. The van der Waals surface area contributed by atoms with E-state index in [1.165, 1.54) is 39.6 Å². The van der Waals surface area contributed by atoms with Crippen molar-refractivity contribution in [1.82, 2.24) is 15.3 Å². The summed E-state index contributed by atoms with van der Waals surface area (Å²) < 4.78 is 24.0. The van der Waals surface area contributed by atoms with Crippen LogP contribution in [0.2, 0.25) is 0 Å². The summed E-state index contributed by atoms with van der Waals surface area (Å²) in [5.41, 5.74) is 2.41. The first-order chi connectivity index (χ1) is 33.5. The van der Waals surface area contributed by atoms with Crippen LogP contribution in [-0.2, 0) is 23.8 Å². The van der Waals surface area contributed by atoms with Crippen LogP contribution in [0.4, 0.5) is 5.69 Å².